The molecule has 2 heterocycles. The van der Waals surface area contributed by atoms with Crippen LogP contribution in [-0.4, -0.2) is 61.2 Å². The predicted molar refractivity (Wildman–Crippen MR) is 139 cm³/mol. The van der Waals surface area contributed by atoms with Crippen LogP contribution in [0.25, 0.3) is 11.4 Å². The summed E-state index contributed by atoms with van der Waals surface area (Å²) < 4.78 is 5.50. The third-order valence-corrected chi connectivity index (χ3v) is 6.40. The number of non-ortho nitro benzene ring substituents is 2. The fraction of sp³-hybridized carbons (Fsp3) is 0.280. The molecule has 202 valence electrons. The lowest BCUT2D eigenvalue weighted by Crippen LogP contribution is -2.46. The lowest BCUT2D eigenvalue weighted by Gasteiger charge is -2.35. The Hall–Kier alpha value is -4.65. The zero-order valence-electron chi connectivity index (χ0n) is 20.6. The van der Waals surface area contributed by atoms with Crippen LogP contribution in [0.3, 0.4) is 0 Å². The highest BCUT2D eigenvalue weighted by Crippen LogP contribution is 2.32. The summed E-state index contributed by atoms with van der Waals surface area (Å²) in [7, 11) is 0. The SMILES string of the molecule is C=CCN(CC(=O)N1CCCC[C@H]1c1nc(-c2cccc(Cl)c2)no1)C(=O)c1cc([N+](=O)[O-])cc([N+](=O)[O-])c1. The van der Waals surface area contributed by atoms with Crippen molar-refractivity contribution in [3.05, 3.63) is 91.8 Å². The molecule has 1 atom stereocenters. The zero-order valence-corrected chi connectivity index (χ0v) is 21.3. The number of nitrogens with zero attached hydrogens (tertiary/aromatic N) is 6. The Bertz CT molecular complexity index is 1410. The Morgan fingerprint density at radius 2 is 1.87 bits per heavy atom. The van der Waals surface area contributed by atoms with Crippen LogP contribution in [0.5, 0.6) is 0 Å². The average molecular weight is 555 g/mol. The first kappa shape index (κ1) is 27.4. The van der Waals surface area contributed by atoms with Crippen LogP contribution in [0, 0.1) is 20.2 Å². The largest absolute Gasteiger partial charge is 0.337 e. The van der Waals surface area contributed by atoms with Gasteiger partial charge in [-0.15, -0.1) is 6.58 Å². The Labute approximate surface area is 227 Å². The average Bonchev–Trinajstić information content (AvgIpc) is 3.42. The highest BCUT2D eigenvalue weighted by Gasteiger charge is 2.34. The Balaban J connectivity index is 1.57. The maximum absolute atomic E-state index is 13.4. The molecule has 13 nitrogen and oxygen atoms in total. The molecular weight excluding hydrogens is 532 g/mol. The minimum Gasteiger partial charge on any atom is -0.337 e. The summed E-state index contributed by atoms with van der Waals surface area (Å²) in [5.74, 6) is -0.642. The van der Waals surface area contributed by atoms with Crippen molar-refractivity contribution in [2.24, 2.45) is 0 Å². The summed E-state index contributed by atoms with van der Waals surface area (Å²) in [5, 5.41) is 27.1. The van der Waals surface area contributed by atoms with Gasteiger partial charge >= 0.3 is 0 Å². The van der Waals surface area contributed by atoms with Gasteiger partial charge in [-0.05, 0) is 31.4 Å². The number of carbonyl (C=O) groups excluding carboxylic acids is 2. The first-order valence-electron chi connectivity index (χ1n) is 11.9. The van der Waals surface area contributed by atoms with Gasteiger partial charge in [-0.1, -0.05) is 35.0 Å². The number of piperidine rings is 1. The normalized spacial score (nSPS) is 15.0. The van der Waals surface area contributed by atoms with E-state index in [1.54, 1.807) is 29.2 Å². The van der Waals surface area contributed by atoms with Crippen molar-refractivity contribution in [2.45, 2.75) is 25.3 Å². The molecular formula is C25H23ClN6O7. The maximum Gasteiger partial charge on any atom is 0.277 e. The van der Waals surface area contributed by atoms with Crippen LogP contribution >= 0.6 is 11.6 Å². The molecule has 0 spiro atoms. The van der Waals surface area contributed by atoms with E-state index in [9.17, 15) is 29.8 Å². The molecule has 1 fully saturated rings. The molecule has 1 aliphatic rings. The summed E-state index contributed by atoms with van der Waals surface area (Å²) in [4.78, 5) is 54.7. The van der Waals surface area contributed by atoms with Gasteiger partial charge in [-0.25, -0.2) is 0 Å². The van der Waals surface area contributed by atoms with Crippen LogP contribution in [0.2, 0.25) is 5.02 Å². The Kier molecular flexibility index (Phi) is 8.30. The highest BCUT2D eigenvalue weighted by molar-refractivity contribution is 6.30. The molecule has 0 saturated carbocycles. The van der Waals surface area contributed by atoms with E-state index in [-0.39, 0.29) is 18.0 Å². The smallest absolute Gasteiger partial charge is 0.277 e. The highest BCUT2D eigenvalue weighted by atomic mass is 35.5. The maximum atomic E-state index is 13.4. The third-order valence-electron chi connectivity index (χ3n) is 6.17. The minimum atomic E-state index is -0.826. The fourth-order valence-electron chi connectivity index (χ4n) is 4.34. The third kappa shape index (κ3) is 6.26. The number of benzene rings is 2. The summed E-state index contributed by atoms with van der Waals surface area (Å²) in [6, 6.07) is 9.07. The molecule has 3 aromatic rings. The second-order valence-electron chi connectivity index (χ2n) is 8.79. The van der Waals surface area contributed by atoms with Crippen molar-refractivity contribution in [3.8, 4) is 11.4 Å². The second kappa shape index (κ2) is 11.8. The second-order valence-corrected chi connectivity index (χ2v) is 9.23. The number of amides is 2. The van der Waals surface area contributed by atoms with E-state index in [0.717, 1.165) is 35.9 Å². The number of halogens is 1. The summed E-state index contributed by atoms with van der Waals surface area (Å²) in [6.07, 6.45) is 3.50. The summed E-state index contributed by atoms with van der Waals surface area (Å²) >= 11 is 6.06. The van der Waals surface area contributed by atoms with Gasteiger partial charge in [0.05, 0.1) is 21.5 Å². The molecule has 0 radical (unpaired) electrons. The van der Waals surface area contributed by atoms with Crippen molar-refractivity contribution < 1.29 is 24.0 Å². The van der Waals surface area contributed by atoms with E-state index in [2.05, 4.69) is 16.7 Å². The first-order valence-corrected chi connectivity index (χ1v) is 12.3. The van der Waals surface area contributed by atoms with Crippen LogP contribution in [0.4, 0.5) is 11.4 Å². The lowest BCUT2D eigenvalue weighted by atomic mass is 10.0. The molecule has 2 aromatic carbocycles. The zero-order chi connectivity index (χ0) is 28.1. The molecule has 0 unspecified atom stereocenters. The Morgan fingerprint density at radius 1 is 1.15 bits per heavy atom. The van der Waals surface area contributed by atoms with Gasteiger partial charge in [0.2, 0.25) is 17.6 Å². The van der Waals surface area contributed by atoms with Crippen LogP contribution in [-0.2, 0) is 4.79 Å². The molecule has 0 aliphatic carbocycles. The number of hydrogen-bond donors (Lipinski definition) is 0. The van der Waals surface area contributed by atoms with Gasteiger partial charge < -0.3 is 14.3 Å². The van der Waals surface area contributed by atoms with Crippen molar-refractivity contribution in [1.29, 1.82) is 0 Å². The van der Waals surface area contributed by atoms with Crippen molar-refractivity contribution >= 4 is 34.8 Å². The van der Waals surface area contributed by atoms with Crippen LogP contribution in [0.1, 0.15) is 41.6 Å². The number of carbonyl (C=O) groups is 2. The predicted octanol–water partition coefficient (Wildman–Crippen LogP) is 4.59. The topological polar surface area (TPSA) is 166 Å². The molecule has 0 bridgehead atoms. The van der Waals surface area contributed by atoms with Crippen LogP contribution in [0.15, 0.2) is 59.6 Å². The van der Waals surface area contributed by atoms with E-state index in [1.807, 2.05) is 0 Å². The van der Waals surface area contributed by atoms with Gasteiger partial charge in [0.15, 0.2) is 0 Å². The van der Waals surface area contributed by atoms with Crippen molar-refractivity contribution in [2.75, 3.05) is 19.6 Å². The number of hydrogen-bond acceptors (Lipinski definition) is 9. The summed E-state index contributed by atoms with van der Waals surface area (Å²) in [6.45, 7) is 3.53. The van der Waals surface area contributed by atoms with Gasteiger partial charge in [0.1, 0.15) is 12.6 Å². The minimum absolute atomic E-state index is 0.0704. The number of aromatic nitrogens is 2. The van der Waals surface area contributed by atoms with E-state index in [0.29, 0.717) is 29.4 Å². The number of likely N-dealkylation sites (tertiary alicyclic amines) is 1. The van der Waals surface area contributed by atoms with Crippen molar-refractivity contribution in [3.63, 3.8) is 0 Å². The molecule has 0 N–H and O–H groups in total. The number of rotatable bonds is 9. The molecule has 1 saturated heterocycles. The number of nitro groups is 2. The quantitative estimate of drug-likeness (QED) is 0.209. The monoisotopic (exact) mass is 554 g/mol. The summed E-state index contributed by atoms with van der Waals surface area (Å²) in [5.41, 5.74) is -0.857. The molecule has 1 aromatic heterocycles. The fourth-order valence-corrected chi connectivity index (χ4v) is 4.53. The van der Waals surface area contributed by atoms with E-state index < -0.39 is 45.6 Å². The molecule has 1 aliphatic heterocycles. The van der Waals surface area contributed by atoms with Gasteiger partial charge in [-0.2, -0.15) is 4.98 Å². The Morgan fingerprint density at radius 3 is 2.51 bits per heavy atom. The van der Waals surface area contributed by atoms with Gasteiger partial charge in [0, 0.05) is 35.8 Å². The number of nitro benzene ring substituents is 2. The van der Waals surface area contributed by atoms with Crippen LogP contribution < -0.4 is 0 Å². The molecule has 39 heavy (non-hydrogen) atoms. The van der Waals surface area contributed by atoms with Crippen molar-refractivity contribution in [1.82, 2.24) is 19.9 Å². The van der Waals surface area contributed by atoms with E-state index >= 15 is 0 Å². The molecule has 14 heteroatoms. The van der Waals surface area contributed by atoms with Gasteiger partial charge in [0.25, 0.3) is 17.3 Å². The standard InChI is InChI=1S/C25H23ClN6O7/c1-2-9-29(25(34)17-12-19(31(35)36)14-20(13-17)32(37)38)15-22(33)30-10-4-3-8-21(30)24-27-23(28-39-24)16-6-5-7-18(26)11-16/h2,5-7,11-14,21H,1,3-4,8-10,15H2/t21-/m0/s1. The van der Waals surface area contributed by atoms with E-state index in [4.69, 9.17) is 16.1 Å². The molecule has 2 amide bonds. The van der Waals surface area contributed by atoms with E-state index in [1.165, 1.54) is 6.08 Å². The van der Waals surface area contributed by atoms with Gasteiger partial charge in [-0.3, -0.25) is 29.8 Å². The molecule has 4 rings (SSSR count). The first-order chi connectivity index (χ1) is 18.7. The lowest BCUT2D eigenvalue weighted by molar-refractivity contribution is -0.394.